The first-order valence-electron chi connectivity index (χ1n) is 8.24. The number of fused-ring (bicyclic) bond motifs is 1. The van der Waals surface area contributed by atoms with Crippen LogP contribution in [0.5, 0.6) is 0 Å². The molecule has 134 valence electrons. The highest BCUT2D eigenvalue weighted by atomic mass is 32.2. The zero-order chi connectivity index (χ0) is 18.4. The number of hydrogen-bond donors (Lipinski definition) is 1. The number of rotatable bonds is 7. The van der Waals surface area contributed by atoms with Gasteiger partial charge in [0.2, 0.25) is 5.91 Å². The summed E-state index contributed by atoms with van der Waals surface area (Å²) in [5.41, 5.74) is 2.51. The number of thioether (sulfide) groups is 1. The molecular formula is C20H18F2N2OS. The van der Waals surface area contributed by atoms with Gasteiger partial charge >= 0.3 is 0 Å². The second kappa shape index (κ2) is 8.76. The molecule has 3 aromatic rings. The van der Waals surface area contributed by atoms with Crippen molar-refractivity contribution in [1.82, 2.24) is 10.3 Å². The molecule has 0 spiro atoms. The van der Waals surface area contributed by atoms with E-state index < -0.39 is 0 Å². The molecule has 1 amide bonds. The number of aromatic nitrogens is 1. The molecule has 0 saturated carbocycles. The lowest BCUT2D eigenvalue weighted by Crippen LogP contribution is -2.27. The van der Waals surface area contributed by atoms with Crippen molar-refractivity contribution in [3.05, 3.63) is 77.5 Å². The molecule has 6 heteroatoms. The van der Waals surface area contributed by atoms with Gasteiger partial charge in [0.05, 0.1) is 11.3 Å². The quantitative estimate of drug-likeness (QED) is 0.679. The number of carbonyl (C=O) groups is 1. The van der Waals surface area contributed by atoms with Crippen LogP contribution in [0.25, 0.3) is 10.9 Å². The molecule has 1 N–H and O–H groups in total. The van der Waals surface area contributed by atoms with E-state index in [1.54, 1.807) is 24.4 Å². The summed E-state index contributed by atoms with van der Waals surface area (Å²) in [5.74, 6) is 0.148. The molecule has 0 saturated heterocycles. The predicted octanol–water partition coefficient (Wildman–Crippen LogP) is 4.11. The standard InChI is InChI=1S/C20H18F2N2OS/c21-17-5-3-14(4-6-17)7-9-23-19(25)13-26-12-16-11-18(22)10-15-2-1-8-24-20(15)16/h1-6,8,10-11H,7,9,12-13H2,(H,23,25). The van der Waals surface area contributed by atoms with E-state index in [1.807, 2.05) is 6.07 Å². The van der Waals surface area contributed by atoms with Gasteiger partial charge in [-0.25, -0.2) is 8.78 Å². The summed E-state index contributed by atoms with van der Waals surface area (Å²) < 4.78 is 26.5. The monoisotopic (exact) mass is 372 g/mol. The minimum Gasteiger partial charge on any atom is -0.355 e. The second-order valence-electron chi connectivity index (χ2n) is 5.86. The number of nitrogens with zero attached hydrogens (tertiary/aromatic N) is 1. The van der Waals surface area contributed by atoms with E-state index in [0.717, 1.165) is 22.0 Å². The molecule has 0 bridgehead atoms. The van der Waals surface area contributed by atoms with E-state index >= 15 is 0 Å². The molecule has 3 nitrogen and oxygen atoms in total. The van der Waals surface area contributed by atoms with Crippen LogP contribution in [-0.2, 0) is 17.0 Å². The van der Waals surface area contributed by atoms with Gasteiger partial charge in [-0.05, 0) is 47.9 Å². The van der Waals surface area contributed by atoms with Gasteiger partial charge in [0, 0.05) is 23.9 Å². The minimum atomic E-state index is -0.301. The zero-order valence-electron chi connectivity index (χ0n) is 14.0. The highest BCUT2D eigenvalue weighted by Gasteiger charge is 2.07. The molecular weight excluding hydrogens is 354 g/mol. The summed E-state index contributed by atoms with van der Waals surface area (Å²) in [7, 11) is 0. The van der Waals surface area contributed by atoms with Crippen LogP contribution in [0, 0.1) is 11.6 Å². The fraction of sp³-hybridized carbons (Fsp3) is 0.200. The molecule has 1 aromatic heterocycles. The Hall–Kier alpha value is -2.47. The summed E-state index contributed by atoms with van der Waals surface area (Å²) in [5, 5.41) is 3.59. The van der Waals surface area contributed by atoms with Gasteiger partial charge in [-0.3, -0.25) is 9.78 Å². The Kier molecular flexibility index (Phi) is 6.17. The van der Waals surface area contributed by atoms with Crippen LogP contribution in [0.15, 0.2) is 54.7 Å². The lowest BCUT2D eigenvalue weighted by molar-refractivity contribution is -0.118. The number of hydrogen-bond acceptors (Lipinski definition) is 3. The first-order valence-corrected chi connectivity index (χ1v) is 9.39. The van der Waals surface area contributed by atoms with Crippen LogP contribution in [0.2, 0.25) is 0 Å². The summed E-state index contributed by atoms with van der Waals surface area (Å²) >= 11 is 1.42. The molecule has 2 aromatic carbocycles. The molecule has 1 heterocycles. The number of pyridine rings is 1. The Labute approximate surface area is 154 Å². The van der Waals surface area contributed by atoms with Crippen molar-refractivity contribution in [3.63, 3.8) is 0 Å². The van der Waals surface area contributed by atoms with E-state index in [1.165, 1.54) is 36.0 Å². The number of amides is 1. The summed E-state index contributed by atoms with van der Waals surface area (Å²) in [6.45, 7) is 0.496. The van der Waals surface area contributed by atoms with Gasteiger partial charge in [-0.2, -0.15) is 0 Å². The first kappa shape index (κ1) is 18.3. The van der Waals surface area contributed by atoms with Crippen LogP contribution in [0.3, 0.4) is 0 Å². The maximum Gasteiger partial charge on any atom is 0.230 e. The highest BCUT2D eigenvalue weighted by molar-refractivity contribution is 7.99. The fourth-order valence-corrected chi connectivity index (χ4v) is 3.47. The van der Waals surface area contributed by atoms with Crippen molar-refractivity contribution < 1.29 is 13.6 Å². The van der Waals surface area contributed by atoms with Gasteiger partial charge in [-0.1, -0.05) is 18.2 Å². The van der Waals surface area contributed by atoms with Crippen LogP contribution in [0.4, 0.5) is 8.78 Å². The maximum atomic E-state index is 13.7. The van der Waals surface area contributed by atoms with E-state index in [9.17, 15) is 13.6 Å². The lowest BCUT2D eigenvalue weighted by Gasteiger charge is -2.07. The molecule has 0 fully saturated rings. The zero-order valence-corrected chi connectivity index (χ0v) is 14.9. The third-order valence-corrected chi connectivity index (χ3v) is 4.87. The first-order chi connectivity index (χ1) is 12.6. The van der Waals surface area contributed by atoms with Crippen LogP contribution in [0.1, 0.15) is 11.1 Å². The van der Waals surface area contributed by atoms with E-state index in [-0.39, 0.29) is 23.3 Å². The van der Waals surface area contributed by atoms with E-state index in [0.29, 0.717) is 18.7 Å². The lowest BCUT2D eigenvalue weighted by atomic mass is 10.1. The largest absolute Gasteiger partial charge is 0.355 e. The fourth-order valence-electron chi connectivity index (χ4n) is 2.64. The molecule has 0 aliphatic rings. The Bertz CT molecular complexity index is 900. The number of benzene rings is 2. The van der Waals surface area contributed by atoms with Crippen LogP contribution >= 0.6 is 11.8 Å². The van der Waals surface area contributed by atoms with Crippen molar-refractivity contribution in [3.8, 4) is 0 Å². The predicted molar refractivity (Wildman–Crippen MR) is 101 cm³/mol. The Morgan fingerprint density at radius 1 is 1.08 bits per heavy atom. The molecule has 0 aliphatic carbocycles. The van der Waals surface area contributed by atoms with Gasteiger partial charge in [0.1, 0.15) is 11.6 Å². The third kappa shape index (κ3) is 5.02. The Morgan fingerprint density at radius 3 is 2.69 bits per heavy atom. The van der Waals surface area contributed by atoms with E-state index in [4.69, 9.17) is 0 Å². The number of halogens is 2. The molecule has 0 radical (unpaired) electrons. The molecule has 0 atom stereocenters. The van der Waals surface area contributed by atoms with Crippen molar-refractivity contribution in [2.75, 3.05) is 12.3 Å². The number of carbonyl (C=O) groups excluding carboxylic acids is 1. The summed E-state index contributed by atoms with van der Waals surface area (Å²) in [6.07, 6.45) is 2.33. The average molecular weight is 372 g/mol. The Morgan fingerprint density at radius 2 is 1.88 bits per heavy atom. The second-order valence-corrected chi connectivity index (χ2v) is 6.84. The van der Waals surface area contributed by atoms with E-state index in [2.05, 4.69) is 10.3 Å². The molecule has 0 unspecified atom stereocenters. The minimum absolute atomic E-state index is 0.0780. The van der Waals surface area contributed by atoms with Gasteiger partial charge in [-0.15, -0.1) is 11.8 Å². The average Bonchev–Trinajstić information content (AvgIpc) is 2.63. The van der Waals surface area contributed by atoms with Crippen molar-refractivity contribution in [1.29, 1.82) is 0 Å². The van der Waals surface area contributed by atoms with Gasteiger partial charge in [0.15, 0.2) is 0 Å². The summed E-state index contributed by atoms with van der Waals surface area (Å²) in [4.78, 5) is 16.2. The van der Waals surface area contributed by atoms with Crippen LogP contribution < -0.4 is 5.32 Å². The highest BCUT2D eigenvalue weighted by Crippen LogP contribution is 2.22. The molecule has 3 rings (SSSR count). The van der Waals surface area contributed by atoms with Gasteiger partial charge < -0.3 is 5.32 Å². The summed E-state index contributed by atoms with van der Waals surface area (Å²) in [6, 6.07) is 12.7. The Balaban J connectivity index is 1.46. The SMILES string of the molecule is O=C(CSCc1cc(F)cc2cccnc12)NCCc1ccc(F)cc1. The normalized spacial score (nSPS) is 10.8. The number of nitrogens with one attached hydrogen (secondary N) is 1. The maximum absolute atomic E-state index is 13.7. The van der Waals surface area contributed by atoms with Crippen molar-refractivity contribution in [2.45, 2.75) is 12.2 Å². The molecule has 0 aliphatic heterocycles. The molecule has 26 heavy (non-hydrogen) atoms. The van der Waals surface area contributed by atoms with Gasteiger partial charge in [0.25, 0.3) is 0 Å². The smallest absolute Gasteiger partial charge is 0.230 e. The third-order valence-electron chi connectivity index (χ3n) is 3.89. The van der Waals surface area contributed by atoms with Crippen molar-refractivity contribution >= 4 is 28.6 Å². The van der Waals surface area contributed by atoms with Crippen molar-refractivity contribution in [2.24, 2.45) is 0 Å². The topological polar surface area (TPSA) is 42.0 Å². The van der Waals surface area contributed by atoms with Crippen LogP contribution in [-0.4, -0.2) is 23.2 Å².